The van der Waals surface area contributed by atoms with Crippen molar-refractivity contribution in [2.45, 2.75) is 19.8 Å². The molecule has 0 aliphatic rings. The van der Waals surface area contributed by atoms with Gasteiger partial charge in [-0.3, -0.25) is 4.79 Å². The van der Waals surface area contributed by atoms with E-state index in [1.165, 1.54) is 0 Å². The zero-order valence-electron chi connectivity index (χ0n) is 7.34. The van der Waals surface area contributed by atoms with E-state index in [2.05, 4.69) is 5.32 Å². The maximum absolute atomic E-state index is 10.8. The summed E-state index contributed by atoms with van der Waals surface area (Å²) in [7, 11) is 0. The molecule has 1 amide bonds. The van der Waals surface area contributed by atoms with E-state index in [1.807, 2.05) is 6.92 Å². The van der Waals surface area contributed by atoms with Gasteiger partial charge in [-0.2, -0.15) is 0 Å². The standard InChI is InChI=1S/C8H15NO3/c1-2-9-8(11)4-7-12-6-3-5-10/h5H,2-4,6-7H2,1H3,(H,9,11). The van der Waals surface area contributed by atoms with Crippen molar-refractivity contribution in [3.05, 3.63) is 0 Å². The van der Waals surface area contributed by atoms with Crippen LogP contribution < -0.4 is 5.32 Å². The summed E-state index contributed by atoms with van der Waals surface area (Å²) in [5, 5.41) is 2.65. The van der Waals surface area contributed by atoms with E-state index in [9.17, 15) is 9.59 Å². The third-order valence-electron chi connectivity index (χ3n) is 1.23. The zero-order chi connectivity index (χ0) is 9.23. The van der Waals surface area contributed by atoms with Crippen molar-refractivity contribution >= 4 is 12.2 Å². The van der Waals surface area contributed by atoms with Gasteiger partial charge in [-0.25, -0.2) is 0 Å². The fraction of sp³-hybridized carbons (Fsp3) is 0.750. The summed E-state index contributed by atoms with van der Waals surface area (Å²) in [6.07, 6.45) is 1.56. The number of nitrogens with one attached hydrogen (secondary N) is 1. The highest BCUT2D eigenvalue weighted by Gasteiger charge is 1.97. The van der Waals surface area contributed by atoms with Crippen LogP contribution >= 0.6 is 0 Å². The second kappa shape index (κ2) is 8.20. The normalized spacial score (nSPS) is 9.42. The smallest absolute Gasteiger partial charge is 0.222 e. The third kappa shape index (κ3) is 7.21. The first-order chi connectivity index (χ1) is 5.81. The van der Waals surface area contributed by atoms with Gasteiger partial charge >= 0.3 is 0 Å². The predicted molar refractivity (Wildman–Crippen MR) is 44.8 cm³/mol. The van der Waals surface area contributed by atoms with E-state index in [0.717, 1.165) is 6.29 Å². The van der Waals surface area contributed by atoms with Gasteiger partial charge in [0.1, 0.15) is 6.29 Å². The molecule has 0 aliphatic carbocycles. The minimum atomic E-state index is -0.0106. The van der Waals surface area contributed by atoms with E-state index >= 15 is 0 Å². The highest BCUT2D eigenvalue weighted by Crippen LogP contribution is 1.84. The van der Waals surface area contributed by atoms with E-state index in [-0.39, 0.29) is 5.91 Å². The molecule has 70 valence electrons. The summed E-state index contributed by atoms with van der Waals surface area (Å²) in [5.41, 5.74) is 0. The molecule has 0 fully saturated rings. The second-order valence-corrected chi connectivity index (χ2v) is 2.27. The second-order valence-electron chi connectivity index (χ2n) is 2.27. The summed E-state index contributed by atoms with van der Waals surface area (Å²) < 4.78 is 5.00. The van der Waals surface area contributed by atoms with Crippen molar-refractivity contribution in [3.8, 4) is 0 Å². The highest BCUT2D eigenvalue weighted by atomic mass is 16.5. The lowest BCUT2D eigenvalue weighted by molar-refractivity contribution is -0.122. The Morgan fingerprint density at radius 2 is 2.25 bits per heavy atom. The predicted octanol–water partition coefficient (Wildman–Crippen LogP) is 0.118. The Morgan fingerprint density at radius 3 is 2.83 bits per heavy atom. The van der Waals surface area contributed by atoms with Crippen molar-refractivity contribution in [2.24, 2.45) is 0 Å². The fourth-order valence-corrected chi connectivity index (χ4v) is 0.684. The van der Waals surface area contributed by atoms with Crippen LogP contribution in [0.15, 0.2) is 0 Å². The quantitative estimate of drug-likeness (QED) is 0.439. The number of rotatable bonds is 7. The minimum absolute atomic E-state index is 0.0106. The van der Waals surface area contributed by atoms with Crippen LogP contribution in [0.1, 0.15) is 19.8 Å². The molecule has 4 heteroatoms. The van der Waals surface area contributed by atoms with Crippen LogP contribution in [-0.4, -0.2) is 32.0 Å². The molecule has 0 saturated carbocycles. The van der Waals surface area contributed by atoms with Crippen LogP contribution in [0.25, 0.3) is 0 Å². The Kier molecular flexibility index (Phi) is 7.58. The molecule has 0 aromatic heterocycles. The molecular formula is C8H15NO3. The largest absolute Gasteiger partial charge is 0.380 e. The zero-order valence-corrected chi connectivity index (χ0v) is 7.34. The van der Waals surface area contributed by atoms with Gasteiger partial charge in [0, 0.05) is 19.4 Å². The number of carbonyl (C=O) groups excluding carboxylic acids is 2. The molecule has 4 nitrogen and oxygen atoms in total. The Morgan fingerprint density at radius 1 is 1.50 bits per heavy atom. The number of carbonyl (C=O) groups is 2. The maximum Gasteiger partial charge on any atom is 0.222 e. The number of hydrogen-bond acceptors (Lipinski definition) is 3. The Bertz CT molecular complexity index is 136. The van der Waals surface area contributed by atoms with Gasteiger partial charge in [-0.15, -0.1) is 0 Å². The van der Waals surface area contributed by atoms with Gasteiger partial charge in [0.15, 0.2) is 0 Å². The van der Waals surface area contributed by atoms with Crippen LogP contribution in [0.5, 0.6) is 0 Å². The summed E-state index contributed by atoms with van der Waals surface area (Å²) in [5.74, 6) is -0.0106. The van der Waals surface area contributed by atoms with E-state index in [0.29, 0.717) is 32.6 Å². The highest BCUT2D eigenvalue weighted by molar-refractivity contribution is 5.75. The van der Waals surface area contributed by atoms with Crippen molar-refractivity contribution in [2.75, 3.05) is 19.8 Å². The molecular weight excluding hydrogens is 158 g/mol. The van der Waals surface area contributed by atoms with Crippen molar-refractivity contribution in [1.82, 2.24) is 5.32 Å². The first-order valence-electron chi connectivity index (χ1n) is 4.09. The molecule has 0 spiro atoms. The molecule has 0 bridgehead atoms. The molecule has 0 aromatic rings. The first-order valence-corrected chi connectivity index (χ1v) is 4.09. The van der Waals surface area contributed by atoms with Gasteiger partial charge in [-0.1, -0.05) is 0 Å². The molecule has 1 N–H and O–H groups in total. The van der Waals surface area contributed by atoms with Gasteiger partial charge in [0.25, 0.3) is 0 Å². The van der Waals surface area contributed by atoms with Crippen molar-refractivity contribution in [1.29, 1.82) is 0 Å². The third-order valence-corrected chi connectivity index (χ3v) is 1.23. The Balaban J connectivity index is 3.08. The molecule has 12 heavy (non-hydrogen) atoms. The van der Waals surface area contributed by atoms with Gasteiger partial charge in [0.05, 0.1) is 13.2 Å². The SMILES string of the molecule is CCNC(=O)CCOCCC=O. The molecule has 0 atom stereocenters. The van der Waals surface area contributed by atoms with Crippen LogP contribution in [0.4, 0.5) is 0 Å². The number of hydrogen-bond donors (Lipinski definition) is 1. The molecule has 0 unspecified atom stereocenters. The molecule has 0 radical (unpaired) electrons. The van der Waals surface area contributed by atoms with Crippen LogP contribution in [0.3, 0.4) is 0 Å². The summed E-state index contributed by atoms with van der Waals surface area (Å²) in [4.78, 5) is 20.7. The molecule has 0 aliphatic heterocycles. The number of ether oxygens (including phenoxy) is 1. The van der Waals surface area contributed by atoms with Gasteiger partial charge in [0.2, 0.25) is 5.91 Å². The molecule has 0 rings (SSSR count). The van der Waals surface area contributed by atoms with Crippen LogP contribution in [-0.2, 0) is 14.3 Å². The van der Waals surface area contributed by atoms with Crippen molar-refractivity contribution < 1.29 is 14.3 Å². The average molecular weight is 173 g/mol. The van der Waals surface area contributed by atoms with E-state index < -0.39 is 0 Å². The minimum Gasteiger partial charge on any atom is -0.380 e. The first kappa shape index (κ1) is 11.1. The van der Waals surface area contributed by atoms with Crippen molar-refractivity contribution in [3.63, 3.8) is 0 Å². The average Bonchev–Trinajstić information content (AvgIpc) is 2.05. The monoisotopic (exact) mass is 173 g/mol. The lowest BCUT2D eigenvalue weighted by Gasteiger charge is -2.01. The van der Waals surface area contributed by atoms with E-state index in [4.69, 9.17) is 4.74 Å². The summed E-state index contributed by atoms with van der Waals surface area (Å²) in [6.45, 7) is 3.31. The summed E-state index contributed by atoms with van der Waals surface area (Å²) >= 11 is 0. The van der Waals surface area contributed by atoms with Crippen LogP contribution in [0.2, 0.25) is 0 Å². The lowest BCUT2D eigenvalue weighted by Crippen LogP contribution is -2.23. The Labute approximate surface area is 72.3 Å². The number of amides is 1. The molecule has 0 aromatic carbocycles. The van der Waals surface area contributed by atoms with Crippen LogP contribution in [0, 0.1) is 0 Å². The topological polar surface area (TPSA) is 55.4 Å². The maximum atomic E-state index is 10.8. The molecule has 0 saturated heterocycles. The van der Waals surface area contributed by atoms with E-state index in [1.54, 1.807) is 0 Å². The molecule has 0 heterocycles. The van der Waals surface area contributed by atoms with Gasteiger partial charge < -0.3 is 14.8 Å². The fourth-order valence-electron chi connectivity index (χ4n) is 0.684. The van der Waals surface area contributed by atoms with Gasteiger partial charge in [-0.05, 0) is 6.92 Å². The number of aldehydes is 1. The summed E-state index contributed by atoms with van der Waals surface area (Å²) in [6, 6.07) is 0. The lowest BCUT2D eigenvalue weighted by atomic mass is 10.4. The Hall–Kier alpha value is -0.900.